The second kappa shape index (κ2) is 12.6. The van der Waals surface area contributed by atoms with E-state index in [1.54, 1.807) is 24.3 Å². The summed E-state index contributed by atoms with van der Waals surface area (Å²) in [6.45, 7) is 7.96. The van der Waals surface area contributed by atoms with E-state index in [-0.39, 0.29) is 5.52 Å². The molecule has 0 fully saturated rings. The van der Waals surface area contributed by atoms with Crippen molar-refractivity contribution in [2.75, 3.05) is 6.16 Å². The van der Waals surface area contributed by atoms with Crippen LogP contribution in [-0.4, -0.2) is 11.7 Å². The Bertz CT molecular complexity index is 1010. The number of benzene rings is 3. The van der Waals surface area contributed by atoms with Crippen molar-refractivity contribution in [2.24, 2.45) is 0 Å². The number of carbonyl (C=O) groups is 1. The van der Waals surface area contributed by atoms with Gasteiger partial charge in [-0.15, -0.1) is 0 Å². The normalized spacial score (nSPS) is 11.0. The monoisotopic (exact) mass is 466 g/mol. The van der Waals surface area contributed by atoms with Gasteiger partial charge in [0.05, 0.1) is 0 Å². The standard InChI is InChI=1S/C22H21O2P.C5H11OP/c1-16-14-17(2)21(18(3)15-16)22(23)25(24,19-10-6-4-7-11-19)20-12-8-5-9-13-20;1-2-3-4-5-7-6/h4-15H,1-3H3;2-5H2,1H3. The van der Waals surface area contributed by atoms with Gasteiger partial charge >= 0.3 is 0 Å². The van der Waals surface area contributed by atoms with Crippen molar-refractivity contribution in [3.8, 4) is 0 Å². The maximum Gasteiger partial charge on any atom is 0.230 e. The minimum Gasteiger partial charge on any atom is -0.305 e. The Balaban J connectivity index is 0.000000451. The van der Waals surface area contributed by atoms with Gasteiger partial charge in [-0.1, -0.05) is 98.1 Å². The van der Waals surface area contributed by atoms with E-state index < -0.39 is 7.14 Å². The Morgan fingerprint density at radius 3 is 1.69 bits per heavy atom. The second-order valence-corrected chi connectivity index (χ2v) is 11.3. The molecule has 0 N–H and O–H groups in total. The average molecular weight is 466 g/mol. The molecule has 32 heavy (non-hydrogen) atoms. The van der Waals surface area contributed by atoms with E-state index in [4.69, 9.17) is 0 Å². The molecule has 0 radical (unpaired) electrons. The number of carbonyl (C=O) groups excluding carboxylic acids is 1. The van der Waals surface area contributed by atoms with E-state index >= 15 is 0 Å². The SMILES string of the molecule is CCCCCP=O.Cc1cc(C)c(C(=O)P(=O)(c2ccccc2)c2ccccc2)c(C)c1. The first kappa shape index (κ1) is 25.9. The highest BCUT2D eigenvalue weighted by atomic mass is 31.2. The Labute approximate surface area is 193 Å². The highest BCUT2D eigenvalue weighted by Gasteiger charge is 2.37. The molecule has 0 aromatic heterocycles. The number of hydrogen-bond acceptors (Lipinski definition) is 3. The van der Waals surface area contributed by atoms with Crippen molar-refractivity contribution in [2.45, 2.75) is 47.0 Å². The van der Waals surface area contributed by atoms with Gasteiger partial charge in [-0.3, -0.25) is 9.36 Å². The average Bonchev–Trinajstić information content (AvgIpc) is 2.80. The molecule has 3 aromatic carbocycles. The van der Waals surface area contributed by atoms with Gasteiger partial charge in [-0.2, -0.15) is 0 Å². The molecule has 0 amide bonds. The predicted octanol–water partition coefficient (Wildman–Crippen LogP) is 7.23. The maximum atomic E-state index is 14.2. The molecule has 168 valence electrons. The van der Waals surface area contributed by atoms with E-state index in [1.807, 2.05) is 69.3 Å². The van der Waals surface area contributed by atoms with Crippen LogP contribution in [0.4, 0.5) is 0 Å². The van der Waals surface area contributed by atoms with Gasteiger partial charge in [0, 0.05) is 22.3 Å². The lowest BCUT2D eigenvalue weighted by molar-refractivity contribution is 0.107. The fourth-order valence-electron chi connectivity index (χ4n) is 3.76. The third-order valence-corrected chi connectivity index (χ3v) is 8.61. The molecule has 0 aliphatic rings. The van der Waals surface area contributed by atoms with Gasteiger partial charge < -0.3 is 4.57 Å². The highest BCUT2D eigenvalue weighted by Crippen LogP contribution is 2.47. The summed E-state index contributed by atoms with van der Waals surface area (Å²) < 4.78 is 23.9. The molecule has 3 rings (SSSR count). The molecule has 0 spiro atoms. The Kier molecular flexibility index (Phi) is 10.2. The Hall–Kier alpha value is -2.34. The van der Waals surface area contributed by atoms with Crippen molar-refractivity contribution in [1.29, 1.82) is 0 Å². The molecule has 0 saturated carbocycles. The van der Waals surface area contributed by atoms with Gasteiger partial charge in [0.2, 0.25) is 12.7 Å². The fraction of sp³-hybridized carbons (Fsp3) is 0.296. The van der Waals surface area contributed by atoms with E-state index in [1.165, 1.54) is 12.8 Å². The maximum absolute atomic E-state index is 14.2. The lowest BCUT2D eigenvalue weighted by Crippen LogP contribution is -2.23. The van der Waals surface area contributed by atoms with Crippen LogP contribution in [0.2, 0.25) is 0 Å². The van der Waals surface area contributed by atoms with Crippen molar-refractivity contribution in [3.63, 3.8) is 0 Å². The van der Waals surface area contributed by atoms with Crippen molar-refractivity contribution in [1.82, 2.24) is 0 Å². The largest absolute Gasteiger partial charge is 0.305 e. The molecule has 0 aliphatic carbocycles. The van der Waals surface area contributed by atoms with Gasteiger partial charge in [0.15, 0.2) is 8.46 Å². The number of unbranched alkanes of at least 4 members (excludes halogenated alkanes) is 2. The molecule has 5 heteroatoms. The van der Waals surface area contributed by atoms with Crippen molar-refractivity contribution < 1.29 is 13.9 Å². The van der Waals surface area contributed by atoms with Gasteiger partial charge in [0.1, 0.15) is 0 Å². The van der Waals surface area contributed by atoms with Crippen molar-refractivity contribution >= 4 is 31.7 Å². The summed E-state index contributed by atoms with van der Waals surface area (Å²) >= 11 is 0. The minimum absolute atomic E-state index is 0.292. The minimum atomic E-state index is -3.44. The molecule has 0 unspecified atom stereocenters. The summed E-state index contributed by atoms with van der Waals surface area (Å²) in [6, 6.07) is 22.1. The molecular formula is C27H32O3P2. The van der Waals surface area contributed by atoms with Crippen LogP contribution in [0.25, 0.3) is 0 Å². The van der Waals surface area contributed by atoms with E-state index in [2.05, 4.69) is 6.92 Å². The molecule has 0 saturated heterocycles. The molecule has 0 bridgehead atoms. The molecule has 3 aromatic rings. The van der Waals surface area contributed by atoms with Crippen LogP contribution in [0.15, 0.2) is 72.8 Å². The van der Waals surface area contributed by atoms with Gasteiger partial charge in [-0.05, 0) is 38.3 Å². The summed E-state index contributed by atoms with van der Waals surface area (Å²) in [5.41, 5.74) is 3.12. The van der Waals surface area contributed by atoms with Crippen molar-refractivity contribution in [3.05, 3.63) is 95.1 Å². The lowest BCUT2D eigenvalue weighted by atomic mass is 10.0. The predicted molar refractivity (Wildman–Crippen MR) is 137 cm³/mol. The zero-order valence-corrected chi connectivity index (χ0v) is 21.2. The number of aryl methyl sites for hydroxylation is 3. The zero-order valence-electron chi connectivity index (χ0n) is 19.4. The van der Waals surface area contributed by atoms with Crippen LogP contribution in [0.3, 0.4) is 0 Å². The summed E-state index contributed by atoms with van der Waals surface area (Å²) in [7, 11) is -3.14. The third-order valence-electron chi connectivity index (χ3n) is 5.27. The van der Waals surface area contributed by atoms with Crippen LogP contribution in [0, 0.1) is 20.8 Å². The van der Waals surface area contributed by atoms with Crippen LogP contribution in [0.5, 0.6) is 0 Å². The first-order chi connectivity index (χ1) is 15.4. The van der Waals surface area contributed by atoms with Crippen LogP contribution < -0.4 is 10.6 Å². The third kappa shape index (κ3) is 6.35. The zero-order chi connectivity index (χ0) is 23.6. The molecular weight excluding hydrogens is 434 g/mol. The highest BCUT2D eigenvalue weighted by molar-refractivity contribution is 7.93. The molecule has 0 heterocycles. The van der Waals surface area contributed by atoms with Crippen LogP contribution >= 0.6 is 15.6 Å². The first-order valence-electron chi connectivity index (χ1n) is 11.0. The quantitative estimate of drug-likeness (QED) is 0.260. The first-order valence-corrected chi connectivity index (χ1v) is 13.7. The summed E-state index contributed by atoms with van der Waals surface area (Å²) in [5, 5.41) is 1.15. The van der Waals surface area contributed by atoms with E-state index in [0.717, 1.165) is 29.3 Å². The molecule has 0 atom stereocenters. The topological polar surface area (TPSA) is 51.2 Å². The summed E-state index contributed by atoms with van der Waals surface area (Å²) in [5.74, 6) is 0. The van der Waals surface area contributed by atoms with E-state index in [0.29, 0.717) is 24.6 Å². The number of rotatable bonds is 8. The summed E-state index contributed by atoms with van der Waals surface area (Å²) in [6.07, 6.45) is 4.39. The Morgan fingerprint density at radius 1 is 0.812 bits per heavy atom. The van der Waals surface area contributed by atoms with Crippen LogP contribution in [-0.2, 0) is 9.13 Å². The Morgan fingerprint density at radius 2 is 1.28 bits per heavy atom. The van der Waals surface area contributed by atoms with Gasteiger partial charge in [0.25, 0.3) is 0 Å². The number of hydrogen-bond donors (Lipinski definition) is 0. The molecule has 3 nitrogen and oxygen atoms in total. The van der Waals surface area contributed by atoms with Gasteiger partial charge in [-0.25, -0.2) is 0 Å². The van der Waals surface area contributed by atoms with E-state index in [9.17, 15) is 13.9 Å². The molecule has 0 aliphatic heterocycles. The second-order valence-electron chi connectivity index (χ2n) is 7.92. The summed E-state index contributed by atoms with van der Waals surface area (Å²) in [4.78, 5) is 13.6. The van der Waals surface area contributed by atoms with Crippen LogP contribution in [0.1, 0.15) is 53.2 Å². The fourth-order valence-corrected chi connectivity index (χ4v) is 6.73. The lowest BCUT2D eigenvalue weighted by Gasteiger charge is -2.20. The smallest absolute Gasteiger partial charge is 0.230 e.